The highest BCUT2D eigenvalue weighted by Crippen LogP contribution is 2.29. The number of carbonyl (C=O) groups is 1. The van der Waals surface area contributed by atoms with E-state index in [1.165, 1.54) is 13.2 Å². The molecule has 0 unspecified atom stereocenters. The summed E-state index contributed by atoms with van der Waals surface area (Å²) in [4.78, 5) is 11.1. The molecule has 1 aromatic carbocycles. The van der Waals surface area contributed by atoms with Crippen molar-refractivity contribution in [2.75, 3.05) is 7.11 Å². The molecular weight excluding hydrogens is 296 g/mol. The normalized spacial score (nSPS) is 10.1. The van der Waals surface area contributed by atoms with E-state index in [1.54, 1.807) is 0 Å². The Balaban J connectivity index is 3.25. The van der Waals surface area contributed by atoms with Crippen molar-refractivity contribution in [1.29, 1.82) is 5.26 Å². The summed E-state index contributed by atoms with van der Waals surface area (Å²) >= 11 is 3.02. The summed E-state index contributed by atoms with van der Waals surface area (Å²) in [6, 6.07) is 4.27. The number of hydrogen-bond donors (Lipinski definition) is 0. The fourth-order valence-corrected chi connectivity index (χ4v) is 1.75. The number of esters is 1. The van der Waals surface area contributed by atoms with Crippen LogP contribution in [-0.2, 0) is 16.0 Å². The fraction of sp³-hybridized carbons (Fsp3) is 0.273. The second-order valence-electron chi connectivity index (χ2n) is 3.20. The lowest BCUT2D eigenvalue weighted by Gasteiger charge is -2.09. The summed E-state index contributed by atoms with van der Waals surface area (Å²) in [6.07, 6.45) is -2.99. The summed E-state index contributed by atoms with van der Waals surface area (Å²) in [6.45, 7) is 0. The lowest BCUT2D eigenvalue weighted by molar-refractivity contribution is -0.139. The number of alkyl halides is 2. The number of nitriles is 1. The molecule has 0 saturated heterocycles. The number of benzene rings is 1. The van der Waals surface area contributed by atoms with Gasteiger partial charge in [-0.05, 0) is 33.6 Å². The van der Waals surface area contributed by atoms with E-state index in [4.69, 9.17) is 5.26 Å². The third-order valence-electron chi connectivity index (χ3n) is 2.15. The molecule has 0 aromatic heterocycles. The number of halogens is 3. The van der Waals surface area contributed by atoms with E-state index in [9.17, 15) is 13.6 Å². The SMILES string of the molecule is COC(=O)Cc1cc(C#N)c(Br)cc1C(F)F. The van der Waals surface area contributed by atoms with Crippen LogP contribution in [0.2, 0.25) is 0 Å². The zero-order valence-corrected chi connectivity index (χ0v) is 10.4. The van der Waals surface area contributed by atoms with Gasteiger partial charge >= 0.3 is 5.97 Å². The van der Waals surface area contributed by atoms with Crippen LogP contribution in [0, 0.1) is 11.3 Å². The molecule has 0 radical (unpaired) electrons. The molecule has 0 amide bonds. The van der Waals surface area contributed by atoms with Gasteiger partial charge in [-0.1, -0.05) is 0 Å². The summed E-state index contributed by atoms with van der Waals surface area (Å²) < 4.78 is 30.2. The van der Waals surface area contributed by atoms with Gasteiger partial charge in [0, 0.05) is 10.0 Å². The van der Waals surface area contributed by atoms with E-state index in [-0.39, 0.29) is 27.6 Å². The van der Waals surface area contributed by atoms with Crippen LogP contribution in [0.25, 0.3) is 0 Å². The molecule has 0 heterocycles. The van der Waals surface area contributed by atoms with Crippen LogP contribution in [0.4, 0.5) is 8.78 Å². The largest absolute Gasteiger partial charge is 0.469 e. The maximum absolute atomic E-state index is 12.7. The average Bonchev–Trinajstić information content (AvgIpc) is 2.30. The molecule has 1 rings (SSSR count). The number of nitrogens with zero attached hydrogens (tertiary/aromatic N) is 1. The van der Waals surface area contributed by atoms with Gasteiger partial charge < -0.3 is 4.74 Å². The molecule has 6 heteroatoms. The fourth-order valence-electron chi connectivity index (χ4n) is 1.30. The zero-order chi connectivity index (χ0) is 13.0. The van der Waals surface area contributed by atoms with Gasteiger partial charge in [-0.25, -0.2) is 8.78 Å². The molecule has 0 N–H and O–H groups in total. The second kappa shape index (κ2) is 5.73. The zero-order valence-electron chi connectivity index (χ0n) is 8.84. The van der Waals surface area contributed by atoms with Crippen molar-refractivity contribution < 1.29 is 18.3 Å². The molecule has 0 aliphatic rings. The first kappa shape index (κ1) is 13.6. The van der Waals surface area contributed by atoms with Gasteiger partial charge in [0.2, 0.25) is 0 Å². The van der Waals surface area contributed by atoms with Crippen molar-refractivity contribution in [2.24, 2.45) is 0 Å². The third-order valence-corrected chi connectivity index (χ3v) is 2.80. The third kappa shape index (κ3) is 3.24. The van der Waals surface area contributed by atoms with Crippen LogP contribution in [-0.4, -0.2) is 13.1 Å². The van der Waals surface area contributed by atoms with Gasteiger partial charge in [-0.3, -0.25) is 4.79 Å². The van der Waals surface area contributed by atoms with Gasteiger partial charge in [0.25, 0.3) is 6.43 Å². The molecule has 0 bridgehead atoms. The van der Waals surface area contributed by atoms with Crippen molar-refractivity contribution >= 4 is 21.9 Å². The Morgan fingerprint density at radius 2 is 2.24 bits per heavy atom. The maximum atomic E-state index is 12.7. The van der Waals surface area contributed by atoms with Gasteiger partial charge in [-0.2, -0.15) is 5.26 Å². The van der Waals surface area contributed by atoms with E-state index in [1.807, 2.05) is 6.07 Å². The highest BCUT2D eigenvalue weighted by atomic mass is 79.9. The number of methoxy groups -OCH3 is 1. The molecule has 0 aliphatic heterocycles. The molecule has 0 fully saturated rings. The van der Waals surface area contributed by atoms with E-state index in [2.05, 4.69) is 20.7 Å². The number of ether oxygens (including phenoxy) is 1. The monoisotopic (exact) mass is 303 g/mol. The van der Waals surface area contributed by atoms with Crippen molar-refractivity contribution in [3.63, 3.8) is 0 Å². The lowest BCUT2D eigenvalue weighted by atomic mass is 10.0. The van der Waals surface area contributed by atoms with E-state index >= 15 is 0 Å². The summed E-state index contributed by atoms with van der Waals surface area (Å²) in [5.41, 5.74) is 0.0289. The molecule has 90 valence electrons. The van der Waals surface area contributed by atoms with E-state index < -0.39 is 12.4 Å². The quantitative estimate of drug-likeness (QED) is 0.807. The van der Waals surface area contributed by atoms with Crippen LogP contribution in [0.15, 0.2) is 16.6 Å². The molecule has 3 nitrogen and oxygen atoms in total. The molecule has 1 aromatic rings. The highest BCUT2D eigenvalue weighted by Gasteiger charge is 2.18. The minimum absolute atomic E-state index is 0.103. The van der Waals surface area contributed by atoms with Gasteiger partial charge in [0.15, 0.2) is 0 Å². The first-order valence-corrected chi connectivity index (χ1v) is 5.36. The standard InChI is InChI=1S/C11H8BrF2NO2/c1-17-10(16)3-6-2-7(5-15)9(12)4-8(6)11(13)14/h2,4,11H,3H2,1H3. The number of carbonyl (C=O) groups excluding carboxylic acids is 1. The molecular formula is C11H8BrF2NO2. The Hall–Kier alpha value is -1.48. The minimum Gasteiger partial charge on any atom is -0.469 e. The minimum atomic E-state index is -2.71. The highest BCUT2D eigenvalue weighted by molar-refractivity contribution is 9.10. The van der Waals surface area contributed by atoms with E-state index in [0.29, 0.717) is 0 Å². The summed E-state index contributed by atoms with van der Waals surface area (Å²) in [5.74, 6) is -0.627. The van der Waals surface area contributed by atoms with Crippen LogP contribution < -0.4 is 0 Å². The predicted molar refractivity (Wildman–Crippen MR) is 59.5 cm³/mol. The number of hydrogen-bond acceptors (Lipinski definition) is 3. The Kier molecular flexibility index (Phi) is 4.58. The first-order valence-electron chi connectivity index (χ1n) is 4.57. The van der Waals surface area contributed by atoms with Crippen LogP contribution in [0.1, 0.15) is 23.1 Å². The summed E-state index contributed by atoms with van der Waals surface area (Å²) in [7, 11) is 1.18. The molecule has 17 heavy (non-hydrogen) atoms. The number of rotatable bonds is 3. The Labute approximate surface area is 105 Å². The van der Waals surface area contributed by atoms with Crippen LogP contribution in [0.5, 0.6) is 0 Å². The molecule has 0 saturated carbocycles. The maximum Gasteiger partial charge on any atom is 0.309 e. The van der Waals surface area contributed by atoms with Crippen LogP contribution in [0.3, 0.4) is 0 Å². The van der Waals surface area contributed by atoms with Gasteiger partial charge in [0.05, 0.1) is 19.1 Å². The predicted octanol–water partition coefficient (Wildman–Crippen LogP) is 2.97. The van der Waals surface area contributed by atoms with Crippen molar-refractivity contribution in [2.45, 2.75) is 12.8 Å². The van der Waals surface area contributed by atoms with Crippen molar-refractivity contribution in [1.82, 2.24) is 0 Å². The second-order valence-corrected chi connectivity index (χ2v) is 4.05. The van der Waals surface area contributed by atoms with Crippen molar-refractivity contribution in [3.8, 4) is 6.07 Å². The van der Waals surface area contributed by atoms with Gasteiger partial charge in [0.1, 0.15) is 6.07 Å². The molecule has 0 spiro atoms. The smallest absolute Gasteiger partial charge is 0.309 e. The Bertz CT molecular complexity index is 483. The van der Waals surface area contributed by atoms with Crippen molar-refractivity contribution in [3.05, 3.63) is 33.3 Å². The summed E-state index contributed by atoms with van der Waals surface area (Å²) in [5, 5.41) is 8.78. The average molecular weight is 304 g/mol. The molecule has 0 aliphatic carbocycles. The topological polar surface area (TPSA) is 50.1 Å². The lowest BCUT2D eigenvalue weighted by Crippen LogP contribution is -2.08. The Morgan fingerprint density at radius 3 is 2.71 bits per heavy atom. The first-order chi connectivity index (χ1) is 7.99. The van der Waals surface area contributed by atoms with Crippen LogP contribution >= 0.6 is 15.9 Å². The van der Waals surface area contributed by atoms with Gasteiger partial charge in [-0.15, -0.1) is 0 Å². The Morgan fingerprint density at radius 1 is 1.59 bits per heavy atom. The van der Waals surface area contributed by atoms with E-state index in [0.717, 1.165) is 6.07 Å². The molecule has 0 atom stereocenters.